The van der Waals surface area contributed by atoms with Crippen molar-refractivity contribution in [2.75, 3.05) is 19.0 Å². The maximum atomic E-state index is 12.5. The minimum atomic E-state index is -0.639. The van der Waals surface area contributed by atoms with Crippen LogP contribution in [0.25, 0.3) is 0 Å². The van der Waals surface area contributed by atoms with E-state index in [1.165, 1.54) is 0 Å². The molecule has 2 N–H and O–H groups in total. The van der Waals surface area contributed by atoms with E-state index in [9.17, 15) is 10.1 Å². The van der Waals surface area contributed by atoms with Crippen LogP contribution in [-0.2, 0) is 0 Å². The highest BCUT2D eigenvalue weighted by atomic mass is 16.2. The Kier molecular flexibility index (Phi) is 3.81. The highest BCUT2D eigenvalue weighted by molar-refractivity contribution is 5.94. The van der Waals surface area contributed by atoms with Gasteiger partial charge in [0.25, 0.3) is 5.91 Å². The van der Waals surface area contributed by atoms with Gasteiger partial charge in [0, 0.05) is 25.3 Å². The molecule has 25 heavy (non-hydrogen) atoms. The molecule has 2 fully saturated rings. The molecule has 5 nitrogen and oxygen atoms in total. The lowest BCUT2D eigenvalue weighted by atomic mass is 9.72. The van der Waals surface area contributed by atoms with Gasteiger partial charge in [0.05, 0.1) is 6.07 Å². The van der Waals surface area contributed by atoms with Gasteiger partial charge in [0.15, 0.2) is 0 Å². The van der Waals surface area contributed by atoms with E-state index in [0.717, 1.165) is 24.9 Å². The SMILES string of the molecule is CN(C)c1ccc(C(=O)NNC2(C#N)CC3CC2C2C=CCC32)cc1. The molecular formula is C20H24N4O. The molecule has 5 atom stereocenters. The van der Waals surface area contributed by atoms with Gasteiger partial charge in [-0.05, 0) is 67.2 Å². The van der Waals surface area contributed by atoms with Crippen LogP contribution in [-0.4, -0.2) is 25.5 Å². The number of amides is 1. The van der Waals surface area contributed by atoms with Crippen molar-refractivity contribution in [3.05, 3.63) is 42.0 Å². The predicted octanol–water partition coefficient (Wildman–Crippen LogP) is 2.48. The first-order chi connectivity index (χ1) is 12.0. The summed E-state index contributed by atoms with van der Waals surface area (Å²) >= 11 is 0. The smallest absolute Gasteiger partial charge is 0.265 e. The van der Waals surface area contributed by atoms with Crippen LogP contribution in [0.3, 0.4) is 0 Å². The fourth-order valence-corrected chi connectivity index (χ4v) is 5.07. The number of fused-ring (bicyclic) bond motifs is 5. The third-order valence-corrected chi connectivity index (χ3v) is 6.35. The van der Waals surface area contributed by atoms with Gasteiger partial charge < -0.3 is 4.90 Å². The third-order valence-electron chi connectivity index (χ3n) is 6.35. The number of hydrogen-bond acceptors (Lipinski definition) is 4. The molecule has 3 aliphatic carbocycles. The standard InChI is InChI=1S/C20H24N4O/c1-24(2)15-8-6-13(7-9-15)19(25)22-23-20(12-21)11-14-10-18(20)17-5-3-4-16(14)17/h3,5-9,14,16-18,23H,4,10-11H2,1-2H3,(H,22,25). The minimum Gasteiger partial charge on any atom is -0.378 e. The van der Waals surface area contributed by atoms with Gasteiger partial charge in [0.1, 0.15) is 5.54 Å². The van der Waals surface area contributed by atoms with Crippen molar-refractivity contribution in [1.82, 2.24) is 10.9 Å². The summed E-state index contributed by atoms with van der Waals surface area (Å²) in [6.45, 7) is 0. The molecule has 0 heterocycles. The topological polar surface area (TPSA) is 68.2 Å². The lowest BCUT2D eigenvalue weighted by Crippen LogP contribution is -2.58. The Bertz CT molecular complexity index is 748. The summed E-state index contributed by atoms with van der Waals surface area (Å²) in [5, 5.41) is 9.85. The van der Waals surface area contributed by atoms with Crippen LogP contribution < -0.4 is 15.8 Å². The van der Waals surface area contributed by atoms with E-state index in [1.54, 1.807) is 0 Å². The van der Waals surface area contributed by atoms with Crippen molar-refractivity contribution in [3.8, 4) is 6.07 Å². The van der Waals surface area contributed by atoms with Gasteiger partial charge in [0.2, 0.25) is 0 Å². The molecule has 2 bridgehead atoms. The molecular weight excluding hydrogens is 312 g/mol. The molecule has 1 amide bonds. The number of benzene rings is 1. The summed E-state index contributed by atoms with van der Waals surface area (Å²) in [5.74, 6) is 1.89. The Morgan fingerprint density at radius 2 is 2.08 bits per heavy atom. The summed E-state index contributed by atoms with van der Waals surface area (Å²) < 4.78 is 0. The van der Waals surface area contributed by atoms with Gasteiger partial charge in [-0.25, -0.2) is 5.43 Å². The average Bonchev–Trinajstić information content (AvgIpc) is 3.31. The summed E-state index contributed by atoms with van der Waals surface area (Å²) in [5.41, 5.74) is 6.91. The Labute approximate surface area is 148 Å². The van der Waals surface area contributed by atoms with Gasteiger partial charge in [-0.15, -0.1) is 0 Å². The van der Waals surface area contributed by atoms with Crippen LogP contribution in [0.2, 0.25) is 0 Å². The molecule has 0 spiro atoms. The number of carbonyl (C=O) groups excluding carboxylic acids is 1. The zero-order valence-electron chi connectivity index (χ0n) is 14.7. The lowest BCUT2D eigenvalue weighted by Gasteiger charge is -2.38. The monoisotopic (exact) mass is 336 g/mol. The summed E-state index contributed by atoms with van der Waals surface area (Å²) in [6.07, 6.45) is 7.61. The van der Waals surface area contributed by atoms with E-state index in [4.69, 9.17) is 0 Å². The van der Waals surface area contributed by atoms with E-state index in [0.29, 0.717) is 29.2 Å². The van der Waals surface area contributed by atoms with E-state index >= 15 is 0 Å². The normalized spacial score (nSPS) is 34.6. The maximum Gasteiger partial charge on any atom is 0.265 e. The van der Waals surface area contributed by atoms with Crippen molar-refractivity contribution in [2.24, 2.45) is 23.7 Å². The number of anilines is 1. The molecule has 0 saturated heterocycles. The third kappa shape index (κ3) is 2.52. The van der Waals surface area contributed by atoms with Crippen LogP contribution in [0.15, 0.2) is 36.4 Å². The Morgan fingerprint density at radius 1 is 1.32 bits per heavy atom. The molecule has 2 saturated carbocycles. The number of hydrazine groups is 1. The zero-order chi connectivity index (χ0) is 17.6. The number of carbonyl (C=O) groups is 1. The zero-order valence-corrected chi connectivity index (χ0v) is 14.7. The van der Waals surface area contributed by atoms with Crippen molar-refractivity contribution in [3.63, 3.8) is 0 Å². The summed E-state index contributed by atoms with van der Waals surface area (Å²) in [4.78, 5) is 14.5. The second-order valence-corrected chi connectivity index (χ2v) is 7.82. The van der Waals surface area contributed by atoms with E-state index in [1.807, 2.05) is 43.3 Å². The van der Waals surface area contributed by atoms with E-state index in [-0.39, 0.29) is 5.91 Å². The molecule has 5 heteroatoms. The van der Waals surface area contributed by atoms with Gasteiger partial charge >= 0.3 is 0 Å². The van der Waals surface area contributed by atoms with Crippen LogP contribution in [0.4, 0.5) is 5.69 Å². The number of nitrogens with one attached hydrogen (secondary N) is 2. The number of nitrogens with zero attached hydrogens (tertiary/aromatic N) is 2. The molecule has 130 valence electrons. The number of allylic oxidation sites excluding steroid dienone is 2. The van der Waals surface area contributed by atoms with E-state index in [2.05, 4.69) is 29.1 Å². The Hall–Kier alpha value is -2.32. The predicted molar refractivity (Wildman–Crippen MR) is 96.7 cm³/mol. The molecule has 4 rings (SSSR count). The van der Waals surface area contributed by atoms with Gasteiger partial charge in [-0.2, -0.15) is 5.26 Å². The molecule has 0 aliphatic heterocycles. The number of rotatable bonds is 4. The molecule has 1 aromatic carbocycles. The summed E-state index contributed by atoms with van der Waals surface area (Å²) in [6, 6.07) is 9.94. The van der Waals surface area contributed by atoms with Crippen LogP contribution in [0.5, 0.6) is 0 Å². The van der Waals surface area contributed by atoms with Crippen molar-refractivity contribution in [1.29, 1.82) is 5.26 Å². The minimum absolute atomic E-state index is 0.193. The average molecular weight is 336 g/mol. The first-order valence-corrected chi connectivity index (χ1v) is 8.97. The largest absolute Gasteiger partial charge is 0.378 e. The van der Waals surface area contributed by atoms with E-state index < -0.39 is 5.54 Å². The van der Waals surface area contributed by atoms with Crippen LogP contribution in [0.1, 0.15) is 29.6 Å². The molecule has 0 radical (unpaired) electrons. The van der Waals surface area contributed by atoms with Crippen molar-refractivity contribution >= 4 is 11.6 Å². The lowest BCUT2D eigenvalue weighted by molar-refractivity contribution is 0.0879. The molecule has 5 unspecified atom stereocenters. The fourth-order valence-electron chi connectivity index (χ4n) is 5.07. The maximum absolute atomic E-state index is 12.5. The second kappa shape index (κ2) is 5.89. The molecule has 1 aromatic rings. The highest BCUT2D eigenvalue weighted by Crippen LogP contribution is 2.60. The fraction of sp³-hybridized carbons (Fsp3) is 0.500. The van der Waals surface area contributed by atoms with Crippen LogP contribution >= 0.6 is 0 Å². The van der Waals surface area contributed by atoms with Crippen molar-refractivity contribution in [2.45, 2.75) is 24.8 Å². The summed E-state index contributed by atoms with van der Waals surface area (Å²) in [7, 11) is 3.93. The van der Waals surface area contributed by atoms with Gasteiger partial charge in [-0.3, -0.25) is 10.2 Å². The molecule has 0 aromatic heterocycles. The first-order valence-electron chi connectivity index (χ1n) is 8.97. The highest BCUT2D eigenvalue weighted by Gasteiger charge is 2.60. The number of nitriles is 1. The Morgan fingerprint density at radius 3 is 2.76 bits per heavy atom. The van der Waals surface area contributed by atoms with Gasteiger partial charge in [-0.1, -0.05) is 12.2 Å². The Balaban J connectivity index is 1.44. The number of hydrogen-bond donors (Lipinski definition) is 2. The van der Waals surface area contributed by atoms with Crippen LogP contribution in [0, 0.1) is 35.0 Å². The van der Waals surface area contributed by atoms with Crippen molar-refractivity contribution < 1.29 is 4.79 Å². The molecule has 3 aliphatic rings. The first kappa shape index (κ1) is 16.2. The quantitative estimate of drug-likeness (QED) is 0.655. The second-order valence-electron chi connectivity index (χ2n) is 7.82.